The number of benzene rings is 2. The monoisotopic (exact) mass is 396 g/mol. The van der Waals surface area contributed by atoms with Crippen molar-refractivity contribution in [2.75, 3.05) is 13.4 Å². The van der Waals surface area contributed by atoms with E-state index >= 15 is 0 Å². The molecule has 0 heterocycles. The summed E-state index contributed by atoms with van der Waals surface area (Å²) in [5.74, 6) is -1.73. The molecule has 1 aliphatic rings. The number of allylic oxidation sites excluding steroid dienone is 4. The number of hydrogen-bond acceptors (Lipinski definition) is 3. The van der Waals surface area contributed by atoms with Crippen molar-refractivity contribution >= 4 is 32.6 Å². The van der Waals surface area contributed by atoms with E-state index in [1.807, 2.05) is 12.2 Å². The molecule has 0 fully saturated rings. The lowest BCUT2D eigenvalue weighted by Crippen LogP contribution is -2.05. The van der Waals surface area contributed by atoms with Gasteiger partial charge in [0, 0.05) is 6.26 Å². The summed E-state index contributed by atoms with van der Waals surface area (Å²) >= 11 is 6.04. The van der Waals surface area contributed by atoms with Gasteiger partial charge in [-0.15, -0.1) is 0 Å². The molecule has 0 aliphatic heterocycles. The molecule has 136 valence electrons. The molecule has 3 nitrogen and oxygen atoms in total. The third kappa shape index (κ3) is 3.39. The van der Waals surface area contributed by atoms with Crippen LogP contribution in [0.1, 0.15) is 17.5 Å². The van der Waals surface area contributed by atoms with E-state index in [4.69, 9.17) is 16.3 Å². The van der Waals surface area contributed by atoms with Crippen LogP contribution in [0.15, 0.2) is 47.4 Å². The minimum Gasteiger partial charge on any atom is -0.495 e. The SMILES string of the molecule is COc1cc(C2=CCC=C2c2cc(F)c(S(C)(=O)=O)c(F)c2)ccc1Cl. The largest absolute Gasteiger partial charge is 0.495 e. The minimum atomic E-state index is -4.00. The van der Waals surface area contributed by atoms with Crippen LogP contribution in [0.25, 0.3) is 11.1 Å². The van der Waals surface area contributed by atoms with Crippen LogP contribution in [0.5, 0.6) is 5.75 Å². The molecule has 0 radical (unpaired) electrons. The first-order chi connectivity index (χ1) is 12.2. The summed E-state index contributed by atoms with van der Waals surface area (Å²) in [6.45, 7) is 0. The Morgan fingerprint density at radius 3 is 2.12 bits per heavy atom. The van der Waals surface area contributed by atoms with Crippen LogP contribution >= 0.6 is 11.6 Å². The molecule has 0 saturated heterocycles. The average Bonchev–Trinajstić information content (AvgIpc) is 3.03. The Labute approximate surface area is 155 Å². The molecular formula is C19H15ClF2O3S. The minimum absolute atomic E-state index is 0.269. The highest BCUT2D eigenvalue weighted by molar-refractivity contribution is 7.90. The second-order valence-electron chi connectivity index (χ2n) is 5.86. The molecule has 0 spiro atoms. The zero-order chi connectivity index (χ0) is 19.1. The average molecular weight is 397 g/mol. The summed E-state index contributed by atoms with van der Waals surface area (Å²) in [6, 6.07) is 7.29. The zero-order valence-electron chi connectivity index (χ0n) is 14.0. The van der Waals surface area contributed by atoms with Crippen LogP contribution in [0, 0.1) is 11.6 Å². The number of hydrogen-bond donors (Lipinski definition) is 0. The maximum atomic E-state index is 14.3. The molecule has 0 saturated carbocycles. The van der Waals surface area contributed by atoms with Gasteiger partial charge in [-0.05, 0) is 53.0 Å². The second kappa shape index (κ2) is 6.85. The first-order valence-electron chi connectivity index (χ1n) is 7.66. The number of methoxy groups -OCH3 is 1. The molecule has 7 heteroatoms. The number of ether oxygens (including phenoxy) is 1. The molecule has 0 bridgehead atoms. The van der Waals surface area contributed by atoms with Gasteiger partial charge in [-0.2, -0.15) is 0 Å². The van der Waals surface area contributed by atoms with Crippen molar-refractivity contribution in [3.05, 3.63) is 70.3 Å². The molecule has 0 atom stereocenters. The zero-order valence-corrected chi connectivity index (χ0v) is 15.6. The van der Waals surface area contributed by atoms with Crippen molar-refractivity contribution in [1.82, 2.24) is 0 Å². The summed E-state index contributed by atoms with van der Waals surface area (Å²) in [5, 5.41) is 0.454. The lowest BCUT2D eigenvalue weighted by Gasteiger charge is -2.13. The van der Waals surface area contributed by atoms with Gasteiger partial charge in [-0.25, -0.2) is 17.2 Å². The van der Waals surface area contributed by atoms with E-state index in [2.05, 4.69) is 0 Å². The number of sulfone groups is 1. The fraction of sp³-hybridized carbons (Fsp3) is 0.158. The summed E-state index contributed by atoms with van der Waals surface area (Å²) in [7, 11) is -2.50. The van der Waals surface area contributed by atoms with Crippen LogP contribution in [0.4, 0.5) is 8.78 Å². The molecule has 0 amide bonds. The first-order valence-corrected chi connectivity index (χ1v) is 9.93. The summed E-state index contributed by atoms with van der Waals surface area (Å²) in [6.07, 6.45) is 5.10. The van der Waals surface area contributed by atoms with Crippen molar-refractivity contribution in [2.24, 2.45) is 0 Å². The highest BCUT2D eigenvalue weighted by atomic mass is 35.5. The van der Waals surface area contributed by atoms with Crippen LogP contribution in [-0.4, -0.2) is 21.8 Å². The topological polar surface area (TPSA) is 43.4 Å². The molecule has 0 N–H and O–H groups in total. The number of rotatable bonds is 4. The Morgan fingerprint density at radius 1 is 1.00 bits per heavy atom. The standard InChI is InChI=1S/C19H15ClF2O3S/c1-25-18-10-11(6-7-15(18)20)13-4-3-5-14(13)12-8-16(21)19(17(22)9-12)26(2,23)24/h4-10H,3H2,1-2H3. The van der Waals surface area contributed by atoms with E-state index in [1.165, 1.54) is 7.11 Å². The smallest absolute Gasteiger partial charge is 0.181 e. The molecule has 1 aliphatic carbocycles. The molecule has 0 aromatic heterocycles. The summed E-state index contributed by atoms with van der Waals surface area (Å²) in [5.41, 5.74) is 2.44. The van der Waals surface area contributed by atoms with E-state index in [-0.39, 0.29) is 5.56 Å². The fourth-order valence-electron chi connectivity index (χ4n) is 2.96. The van der Waals surface area contributed by atoms with E-state index in [0.29, 0.717) is 22.8 Å². The first kappa shape index (κ1) is 18.6. The van der Waals surface area contributed by atoms with Gasteiger partial charge < -0.3 is 4.74 Å². The Morgan fingerprint density at radius 2 is 1.58 bits per heavy atom. The maximum absolute atomic E-state index is 14.3. The van der Waals surface area contributed by atoms with Gasteiger partial charge in [0.25, 0.3) is 0 Å². The summed E-state index contributed by atoms with van der Waals surface area (Å²) < 4.78 is 56.9. The predicted octanol–water partition coefficient (Wildman–Crippen LogP) is 4.90. The highest BCUT2D eigenvalue weighted by Crippen LogP contribution is 2.39. The van der Waals surface area contributed by atoms with Crippen LogP contribution in [0.3, 0.4) is 0 Å². The van der Waals surface area contributed by atoms with Gasteiger partial charge in [-0.1, -0.05) is 29.8 Å². The van der Waals surface area contributed by atoms with Crippen molar-refractivity contribution in [2.45, 2.75) is 11.3 Å². The van der Waals surface area contributed by atoms with Crippen LogP contribution in [-0.2, 0) is 9.84 Å². The van der Waals surface area contributed by atoms with Crippen LogP contribution < -0.4 is 4.74 Å². The van der Waals surface area contributed by atoms with E-state index in [0.717, 1.165) is 29.5 Å². The highest BCUT2D eigenvalue weighted by Gasteiger charge is 2.23. The molecule has 2 aromatic rings. The third-order valence-corrected chi connectivity index (χ3v) is 5.52. The van der Waals surface area contributed by atoms with Gasteiger partial charge in [0.15, 0.2) is 9.84 Å². The van der Waals surface area contributed by atoms with E-state index in [9.17, 15) is 17.2 Å². The molecule has 0 unspecified atom stereocenters. The van der Waals surface area contributed by atoms with Crippen molar-refractivity contribution < 1.29 is 21.9 Å². The Bertz CT molecular complexity index is 1030. The van der Waals surface area contributed by atoms with E-state index < -0.39 is 26.4 Å². The lowest BCUT2D eigenvalue weighted by atomic mass is 9.94. The number of halogens is 3. The molecule has 3 rings (SSSR count). The van der Waals surface area contributed by atoms with Gasteiger partial charge >= 0.3 is 0 Å². The lowest BCUT2D eigenvalue weighted by molar-refractivity contribution is 0.415. The Kier molecular flexibility index (Phi) is 4.90. The van der Waals surface area contributed by atoms with Gasteiger partial charge in [0.05, 0.1) is 12.1 Å². The van der Waals surface area contributed by atoms with Crippen molar-refractivity contribution in [1.29, 1.82) is 0 Å². The maximum Gasteiger partial charge on any atom is 0.181 e. The van der Waals surface area contributed by atoms with Crippen molar-refractivity contribution in [3.63, 3.8) is 0 Å². The van der Waals surface area contributed by atoms with Gasteiger partial charge in [0.1, 0.15) is 22.3 Å². The summed E-state index contributed by atoms with van der Waals surface area (Å²) in [4.78, 5) is -0.918. The quantitative estimate of drug-likeness (QED) is 0.738. The molecule has 26 heavy (non-hydrogen) atoms. The van der Waals surface area contributed by atoms with E-state index in [1.54, 1.807) is 18.2 Å². The predicted molar refractivity (Wildman–Crippen MR) is 98.0 cm³/mol. The second-order valence-corrected chi connectivity index (χ2v) is 8.22. The fourth-order valence-corrected chi connectivity index (χ4v) is 3.98. The Hall–Kier alpha value is -2.18. The Balaban J connectivity index is 2.07. The van der Waals surface area contributed by atoms with Crippen LogP contribution in [0.2, 0.25) is 5.02 Å². The third-order valence-electron chi connectivity index (χ3n) is 4.08. The normalized spacial score (nSPS) is 14.2. The molecular weight excluding hydrogens is 382 g/mol. The molecule has 2 aromatic carbocycles. The van der Waals surface area contributed by atoms with Gasteiger partial charge in [0.2, 0.25) is 0 Å². The van der Waals surface area contributed by atoms with Crippen molar-refractivity contribution in [3.8, 4) is 5.75 Å². The van der Waals surface area contributed by atoms with Gasteiger partial charge in [-0.3, -0.25) is 0 Å².